The first-order valence-corrected chi connectivity index (χ1v) is 4.70. The first kappa shape index (κ1) is 11.4. The third-order valence-electron chi connectivity index (χ3n) is 2.07. The van der Waals surface area contributed by atoms with Crippen LogP contribution in [-0.4, -0.2) is 11.1 Å². The highest BCUT2D eigenvalue weighted by atomic mass is 35.5. The number of aliphatic hydroxyl groups excluding tert-OH is 1. The van der Waals surface area contributed by atoms with E-state index in [2.05, 4.69) is 0 Å². The maximum absolute atomic E-state index is 13.1. The van der Waals surface area contributed by atoms with Crippen molar-refractivity contribution in [2.75, 3.05) is 0 Å². The molecule has 0 aliphatic rings. The van der Waals surface area contributed by atoms with Crippen LogP contribution in [0.2, 0.25) is 5.02 Å². The van der Waals surface area contributed by atoms with Crippen molar-refractivity contribution < 1.29 is 9.50 Å². The van der Waals surface area contributed by atoms with E-state index in [0.717, 1.165) is 0 Å². The van der Waals surface area contributed by atoms with Crippen LogP contribution in [0, 0.1) is 12.7 Å². The molecule has 0 saturated heterocycles. The van der Waals surface area contributed by atoms with E-state index in [1.807, 2.05) is 0 Å². The first-order valence-electron chi connectivity index (χ1n) is 4.32. The van der Waals surface area contributed by atoms with Crippen LogP contribution in [0.3, 0.4) is 0 Å². The number of hydrogen-bond acceptors (Lipinski definition) is 2. The molecule has 0 aliphatic carbocycles. The van der Waals surface area contributed by atoms with E-state index in [9.17, 15) is 9.50 Å². The van der Waals surface area contributed by atoms with Gasteiger partial charge >= 0.3 is 0 Å². The zero-order valence-electron chi connectivity index (χ0n) is 8.09. The van der Waals surface area contributed by atoms with Crippen molar-refractivity contribution in [3.8, 4) is 0 Å². The van der Waals surface area contributed by atoms with Gasteiger partial charge in [0.15, 0.2) is 0 Å². The molecule has 0 spiro atoms. The fraction of sp³-hybridized carbons (Fsp3) is 0.400. The van der Waals surface area contributed by atoms with Crippen LogP contribution in [0.15, 0.2) is 12.1 Å². The highest BCUT2D eigenvalue weighted by Crippen LogP contribution is 2.25. The highest BCUT2D eigenvalue weighted by Gasteiger charge is 2.15. The van der Waals surface area contributed by atoms with Crippen LogP contribution in [0.5, 0.6) is 0 Å². The summed E-state index contributed by atoms with van der Waals surface area (Å²) in [5.74, 6) is -0.452. The summed E-state index contributed by atoms with van der Waals surface area (Å²) >= 11 is 5.64. The first-order chi connectivity index (χ1) is 6.43. The van der Waals surface area contributed by atoms with Gasteiger partial charge in [-0.1, -0.05) is 17.7 Å². The van der Waals surface area contributed by atoms with Crippen molar-refractivity contribution in [1.29, 1.82) is 0 Å². The molecule has 0 bridgehead atoms. The van der Waals surface area contributed by atoms with Gasteiger partial charge in [0.25, 0.3) is 0 Å². The molecule has 0 heterocycles. The van der Waals surface area contributed by atoms with Gasteiger partial charge in [-0.25, -0.2) is 4.39 Å². The second kappa shape index (κ2) is 4.26. The maximum atomic E-state index is 13.1. The molecule has 1 aromatic carbocycles. The van der Waals surface area contributed by atoms with Gasteiger partial charge in [0, 0.05) is 6.04 Å². The minimum Gasteiger partial charge on any atom is -0.387 e. The lowest BCUT2D eigenvalue weighted by molar-refractivity contribution is 0.153. The minimum absolute atomic E-state index is 0.0136. The third-order valence-corrected chi connectivity index (χ3v) is 2.35. The Balaban J connectivity index is 3.12. The van der Waals surface area contributed by atoms with Crippen LogP contribution in [0.4, 0.5) is 4.39 Å². The molecule has 0 saturated carbocycles. The van der Waals surface area contributed by atoms with E-state index in [1.54, 1.807) is 19.9 Å². The van der Waals surface area contributed by atoms with E-state index in [4.69, 9.17) is 17.3 Å². The normalized spacial score (nSPS) is 15.3. The van der Waals surface area contributed by atoms with E-state index < -0.39 is 18.0 Å². The van der Waals surface area contributed by atoms with Gasteiger partial charge in [-0.3, -0.25) is 0 Å². The number of nitrogens with two attached hydrogens (primary N) is 1. The molecule has 0 radical (unpaired) electrons. The molecular weight excluding hydrogens is 205 g/mol. The fourth-order valence-corrected chi connectivity index (χ4v) is 1.50. The van der Waals surface area contributed by atoms with Crippen LogP contribution in [0.1, 0.15) is 24.2 Å². The van der Waals surface area contributed by atoms with Crippen molar-refractivity contribution >= 4 is 11.6 Å². The van der Waals surface area contributed by atoms with Crippen molar-refractivity contribution in [3.05, 3.63) is 34.1 Å². The Bertz CT molecular complexity index is 318. The Morgan fingerprint density at radius 3 is 2.50 bits per heavy atom. The standard InChI is InChI=1S/C10H13ClFNO/c1-5-3-7(10(14)6(2)13)4-8(11)9(5)12/h3-4,6,10,14H,13H2,1-2H3. The van der Waals surface area contributed by atoms with Gasteiger partial charge < -0.3 is 10.8 Å². The molecule has 78 valence electrons. The minimum atomic E-state index is -0.813. The lowest BCUT2D eigenvalue weighted by Gasteiger charge is -2.16. The monoisotopic (exact) mass is 217 g/mol. The molecule has 14 heavy (non-hydrogen) atoms. The van der Waals surface area contributed by atoms with Gasteiger partial charge in [-0.05, 0) is 31.0 Å². The van der Waals surface area contributed by atoms with E-state index in [0.29, 0.717) is 11.1 Å². The Kier molecular flexibility index (Phi) is 3.48. The summed E-state index contributed by atoms with van der Waals surface area (Å²) < 4.78 is 13.1. The third kappa shape index (κ3) is 2.23. The topological polar surface area (TPSA) is 46.2 Å². The van der Waals surface area contributed by atoms with E-state index >= 15 is 0 Å². The molecule has 0 amide bonds. The number of aryl methyl sites for hydroxylation is 1. The van der Waals surface area contributed by atoms with Crippen LogP contribution in [0.25, 0.3) is 0 Å². The average molecular weight is 218 g/mol. The predicted molar refractivity (Wildman–Crippen MR) is 54.8 cm³/mol. The predicted octanol–water partition coefficient (Wildman–Crippen LogP) is 2.17. The highest BCUT2D eigenvalue weighted by molar-refractivity contribution is 6.30. The molecule has 0 aliphatic heterocycles. The lowest BCUT2D eigenvalue weighted by atomic mass is 10.0. The second-order valence-electron chi connectivity index (χ2n) is 3.44. The van der Waals surface area contributed by atoms with Crippen LogP contribution < -0.4 is 5.73 Å². The summed E-state index contributed by atoms with van der Waals surface area (Å²) in [5.41, 5.74) is 6.47. The van der Waals surface area contributed by atoms with Crippen molar-refractivity contribution in [1.82, 2.24) is 0 Å². The molecule has 0 fully saturated rings. The smallest absolute Gasteiger partial charge is 0.144 e. The number of rotatable bonds is 2. The van der Waals surface area contributed by atoms with Crippen molar-refractivity contribution in [2.45, 2.75) is 26.0 Å². The zero-order valence-corrected chi connectivity index (χ0v) is 8.85. The summed E-state index contributed by atoms with van der Waals surface area (Å²) in [6.07, 6.45) is -0.813. The van der Waals surface area contributed by atoms with Crippen LogP contribution >= 0.6 is 11.6 Å². The number of aliphatic hydroxyl groups is 1. The summed E-state index contributed by atoms with van der Waals surface area (Å²) in [6, 6.07) is 2.54. The Morgan fingerprint density at radius 2 is 2.07 bits per heavy atom. The van der Waals surface area contributed by atoms with Crippen LogP contribution in [-0.2, 0) is 0 Å². The van der Waals surface area contributed by atoms with E-state index in [1.165, 1.54) is 6.07 Å². The summed E-state index contributed by atoms with van der Waals surface area (Å²) in [5, 5.41) is 9.65. The number of hydrogen-bond donors (Lipinski definition) is 2. The Morgan fingerprint density at radius 1 is 1.50 bits per heavy atom. The molecule has 2 unspecified atom stereocenters. The molecule has 4 heteroatoms. The SMILES string of the molecule is Cc1cc(C(O)C(C)N)cc(Cl)c1F. The molecule has 0 aromatic heterocycles. The molecule has 2 nitrogen and oxygen atoms in total. The molecule has 3 N–H and O–H groups in total. The van der Waals surface area contributed by atoms with Gasteiger partial charge in [0.2, 0.25) is 0 Å². The fourth-order valence-electron chi connectivity index (χ4n) is 1.23. The summed E-state index contributed by atoms with van der Waals surface area (Å²) in [7, 11) is 0. The van der Waals surface area contributed by atoms with Gasteiger partial charge in [0.05, 0.1) is 11.1 Å². The summed E-state index contributed by atoms with van der Waals surface area (Å²) in [6.45, 7) is 3.27. The largest absolute Gasteiger partial charge is 0.387 e. The zero-order chi connectivity index (χ0) is 10.9. The van der Waals surface area contributed by atoms with Crippen molar-refractivity contribution in [3.63, 3.8) is 0 Å². The second-order valence-corrected chi connectivity index (χ2v) is 3.84. The molecular formula is C10H13ClFNO. The van der Waals surface area contributed by atoms with Gasteiger partial charge in [-0.2, -0.15) is 0 Å². The molecule has 1 rings (SSSR count). The van der Waals surface area contributed by atoms with Gasteiger partial charge in [0.1, 0.15) is 5.82 Å². The number of benzene rings is 1. The van der Waals surface area contributed by atoms with Gasteiger partial charge in [-0.15, -0.1) is 0 Å². The van der Waals surface area contributed by atoms with Crippen molar-refractivity contribution in [2.24, 2.45) is 5.73 Å². The quantitative estimate of drug-likeness (QED) is 0.798. The average Bonchev–Trinajstić information content (AvgIpc) is 2.12. The number of halogens is 2. The Labute approximate surface area is 87.5 Å². The Hall–Kier alpha value is -0.640. The molecule has 2 atom stereocenters. The summed E-state index contributed by atoms with van der Waals surface area (Å²) in [4.78, 5) is 0. The maximum Gasteiger partial charge on any atom is 0.144 e. The van der Waals surface area contributed by atoms with E-state index in [-0.39, 0.29) is 5.02 Å². The lowest BCUT2D eigenvalue weighted by Crippen LogP contribution is -2.24. The molecule has 1 aromatic rings.